The Hall–Kier alpha value is -0.610. The number of hydrogen-bond acceptors (Lipinski definition) is 1. The third-order valence-corrected chi connectivity index (χ3v) is 2.45. The molecule has 0 saturated heterocycles. The van der Waals surface area contributed by atoms with E-state index < -0.39 is 17.3 Å². The molecule has 1 N–H and O–H groups in total. The van der Waals surface area contributed by atoms with Gasteiger partial charge in [0.2, 0.25) is 0 Å². The van der Waals surface area contributed by atoms with Crippen molar-refractivity contribution in [3.8, 4) is 0 Å². The van der Waals surface area contributed by atoms with Crippen LogP contribution in [0.25, 0.3) is 0 Å². The summed E-state index contributed by atoms with van der Waals surface area (Å²) in [6, 6.07) is 2.81. The molecule has 2 nitrogen and oxygen atoms in total. The Morgan fingerprint density at radius 3 is 2.69 bits per heavy atom. The van der Waals surface area contributed by atoms with Crippen LogP contribution in [0.1, 0.15) is 15.9 Å². The van der Waals surface area contributed by atoms with Crippen molar-refractivity contribution in [1.82, 2.24) is 0 Å². The molecular formula is C8H5BrClFO2. The van der Waals surface area contributed by atoms with Gasteiger partial charge in [0, 0.05) is 5.33 Å². The van der Waals surface area contributed by atoms with Gasteiger partial charge in [-0.1, -0.05) is 33.6 Å². The molecule has 5 heteroatoms. The lowest BCUT2D eigenvalue weighted by Gasteiger charge is -2.04. The zero-order valence-electron chi connectivity index (χ0n) is 6.35. The molecule has 0 radical (unpaired) electrons. The minimum absolute atomic E-state index is 0.0882. The molecule has 1 aromatic rings. The van der Waals surface area contributed by atoms with Crippen molar-refractivity contribution in [1.29, 1.82) is 0 Å². The fourth-order valence-electron chi connectivity index (χ4n) is 0.895. The molecule has 0 saturated carbocycles. The van der Waals surface area contributed by atoms with Crippen molar-refractivity contribution in [2.45, 2.75) is 5.33 Å². The number of carbonyl (C=O) groups is 1. The van der Waals surface area contributed by atoms with Gasteiger partial charge in [0.25, 0.3) is 0 Å². The van der Waals surface area contributed by atoms with Crippen molar-refractivity contribution in [3.63, 3.8) is 0 Å². The summed E-state index contributed by atoms with van der Waals surface area (Å²) in [6.07, 6.45) is 0. The largest absolute Gasteiger partial charge is 0.478 e. The van der Waals surface area contributed by atoms with E-state index in [0.717, 1.165) is 0 Å². The van der Waals surface area contributed by atoms with Crippen LogP contribution in [-0.4, -0.2) is 11.1 Å². The summed E-state index contributed by atoms with van der Waals surface area (Å²) in [5, 5.41) is 8.80. The van der Waals surface area contributed by atoms with Crippen LogP contribution in [0.15, 0.2) is 12.1 Å². The van der Waals surface area contributed by atoms with Crippen molar-refractivity contribution >= 4 is 33.5 Å². The van der Waals surface area contributed by atoms with Gasteiger partial charge in [0.05, 0.1) is 5.02 Å². The Kier molecular flexibility index (Phi) is 3.27. The van der Waals surface area contributed by atoms with Gasteiger partial charge in [-0.3, -0.25) is 0 Å². The summed E-state index contributed by atoms with van der Waals surface area (Å²) in [6.45, 7) is 0. The summed E-state index contributed by atoms with van der Waals surface area (Å²) in [4.78, 5) is 10.6. The van der Waals surface area contributed by atoms with Gasteiger partial charge in [-0.15, -0.1) is 0 Å². The number of rotatable bonds is 2. The van der Waals surface area contributed by atoms with Crippen LogP contribution in [0.5, 0.6) is 0 Å². The van der Waals surface area contributed by atoms with E-state index in [1.54, 1.807) is 0 Å². The summed E-state index contributed by atoms with van der Waals surface area (Å²) >= 11 is 8.56. The van der Waals surface area contributed by atoms with Crippen molar-refractivity contribution < 1.29 is 14.3 Å². The van der Waals surface area contributed by atoms with Gasteiger partial charge in [-0.25, -0.2) is 9.18 Å². The number of carboxylic acids is 1. The van der Waals surface area contributed by atoms with Gasteiger partial charge in [-0.05, 0) is 11.6 Å². The minimum Gasteiger partial charge on any atom is -0.478 e. The molecule has 70 valence electrons. The van der Waals surface area contributed by atoms with Gasteiger partial charge in [0.1, 0.15) is 11.4 Å². The van der Waals surface area contributed by atoms with E-state index in [0.29, 0.717) is 0 Å². The van der Waals surface area contributed by atoms with Gasteiger partial charge >= 0.3 is 5.97 Å². The number of aromatic carboxylic acids is 1. The van der Waals surface area contributed by atoms with Gasteiger partial charge < -0.3 is 5.11 Å². The van der Waals surface area contributed by atoms with Crippen LogP contribution >= 0.6 is 27.5 Å². The highest BCUT2D eigenvalue weighted by atomic mass is 79.9. The first-order chi connectivity index (χ1) is 6.07. The minimum atomic E-state index is -1.36. The molecule has 0 bridgehead atoms. The predicted molar refractivity (Wildman–Crippen MR) is 51.0 cm³/mol. The topological polar surface area (TPSA) is 37.3 Å². The van der Waals surface area contributed by atoms with Crippen LogP contribution in [0.2, 0.25) is 5.02 Å². The average molecular weight is 267 g/mol. The van der Waals surface area contributed by atoms with Gasteiger partial charge in [0.15, 0.2) is 0 Å². The highest BCUT2D eigenvalue weighted by molar-refractivity contribution is 9.08. The zero-order valence-corrected chi connectivity index (χ0v) is 8.69. The molecule has 0 unspecified atom stereocenters. The monoisotopic (exact) mass is 266 g/mol. The summed E-state index contributed by atoms with van der Waals surface area (Å²) in [7, 11) is 0. The normalized spacial score (nSPS) is 10.1. The number of hydrogen-bond donors (Lipinski definition) is 1. The first-order valence-corrected chi connectivity index (χ1v) is 4.84. The van der Waals surface area contributed by atoms with Crippen molar-refractivity contribution in [3.05, 3.63) is 34.1 Å². The van der Waals surface area contributed by atoms with E-state index in [-0.39, 0.29) is 15.9 Å². The maximum atomic E-state index is 13.3. The quantitative estimate of drug-likeness (QED) is 0.836. The number of benzene rings is 1. The summed E-state index contributed by atoms with van der Waals surface area (Å²) < 4.78 is 13.3. The van der Waals surface area contributed by atoms with E-state index in [4.69, 9.17) is 16.7 Å². The third-order valence-electron chi connectivity index (χ3n) is 1.53. The standard InChI is InChI=1S/C8H5BrClFO2/c9-3-4-1-2-5(10)6(7(4)11)8(12)13/h1-2H,3H2,(H,12,13). The molecule has 0 aliphatic heterocycles. The lowest BCUT2D eigenvalue weighted by Crippen LogP contribution is -2.04. The number of carboxylic acid groups (broad SMARTS) is 1. The summed E-state index contributed by atoms with van der Waals surface area (Å²) in [5.41, 5.74) is -0.194. The number of alkyl halides is 1. The number of halogens is 3. The molecule has 0 aromatic heterocycles. The Morgan fingerprint density at radius 1 is 1.62 bits per heavy atom. The second kappa shape index (κ2) is 4.07. The maximum absolute atomic E-state index is 13.3. The molecule has 0 aliphatic rings. The van der Waals surface area contributed by atoms with Crippen molar-refractivity contribution in [2.24, 2.45) is 0 Å². The lowest BCUT2D eigenvalue weighted by atomic mass is 10.1. The molecule has 1 aromatic carbocycles. The SMILES string of the molecule is O=C(O)c1c(Cl)ccc(CBr)c1F. The maximum Gasteiger partial charge on any atom is 0.340 e. The van der Waals surface area contributed by atoms with Crippen molar-refractivity contribution in [2.75, 3.05) is 0 Å². The zero-order chi connectivity index (χ0) is 10.0. The molecule has 0 aliphatic carbocycles. The Morgan fingerprint density at radius 2 is 2.23 bits per heavy atom. The second-order valence-corrected chi connectivity index (χ2v) is 3.30. The Labute approximate surface area is 87.5 Å². The van der Waals surface area contributed by atoms with E-state index >= 15 is 0 Å². The lowest BCUT2D eigenvalue weighted by molar-refractivity contribution is 0.0692. The van der Waals surface area contributed by atoms with Crippen LogP contribution in [0.4, 0.5) is 4.39 Å². The van der Waals surface area contributed by atoms with Crippen LogP contribution in [-0.2, 0) is 5.33 Å². The molecule has 0 fully saturated rings. The van der Waals surface area contributed by atoms with E-state index in [2.05, 4.69) is 15.9 Å². The second-order valence-electron chi connectivity index (χ2n) is 2.33. The molecule has 13 heavy (non-hydrogen) atoms. The van der Waals surface area contributed by atoms with Gasteiger partial charge in [-0.2, -0.15) is 0 Å². The van der Waals surface area contributed by atoms with Crippen LogP contribution < -0.4 is 0 Å². The fraction of sp³-hybridized carbons (Fsp3) is 0.125. The highest BCUT2D eigenvalue weighted by Crippen LogP contribution is 2.23. The molecule has 0 spiro atoms. The highest BCUT2D eigenvalue weighted by Gasteiger charge is 2.17. The first kappa shape index (κ1) is 10.5. The van der Waals surface area contributed by atoms with E-state index in [1.807, 2.05) is 0 Å². The average Bonchev–Trinajstić information content (AvgIpc) is 2.04. The summed E-state index contributed by atoms with van der Waals surface area (Å²) in [5.74, 6) is -2.14. The Bertz CT molecular complexity index is 354. The Balaban J connectivity index is 3.38. The smallest absolute Gasteiger partial charge is 0.340 e. The molecule has 0 amide bonds. The van der Waals surface area contributed by atoms with Crippen LogP contribution in [0.3, 0.4) is 0 Å². The fourth-order valence-corrected chi connectivity index (χ4v) is 1.55. The third kappa shape index (κ3) is 2.00. The first-order valence-electron chi connectivity index (χ1n) is 3.34. The molecule has 0 heterocycles. The van der Waals surface area contributed by atoms with E-state index in [1.165, 1.54) is 12.1 Å². The van der Waals surface area contributed by atoms with Crippen LogP contribution in [0, 0.1) is 5.82 Å². The molecular weight excluding hydrogens is 262 g/mol. The predicted octanol–water partition coefficient (Wildman–Crippen LogP) is 3.07. The van der Waals surface area contributed by atoms with E-state index in [9.17, 15) is 9.18 Å². The molecule has 1 rings (SSSR count). The molecule has 0 atom stereocenters.